The number of aromatic nitrogens is 5. The summed E-state index contributed by atoms with van der Waals surface area (Å²) in [6.45, 7) is 2.07. The maximum atomic E-state index is 4.76. The fourth-order valence-corrected chi connectivity index (χ4v) is 5.24. The van der Waals surface area contributed by atoms with Crippen LogP contribution in [-0.2, 0) is 0 Å². The molecule has 4 aromatic heterocycles. The molecule has 0 amide bonds. The molecule has 1 N–H and O–H groups in total. The molecule has 0 aromatic carbocycles. The second kappa shape index (κ2) is 6.96. The molecule has 6 rings (SSSR count). The van der Waals surface area contributed by atoms with Crippen molar-refractivity contribution in [3.8, 4) is 10.6 Å². The SMILES string of the molecule is CN1C[C@@H]2C[C@H]1CN2c1nccc(Nc2cc3nc(-c4ccncc4)sc3cn2)n1. The number of likely N-dealkylation sites (tertiary alicyclic amines) is 1. The van der Waals surface area contributed by atoms with Gasteiger partial charge in [0, 0.05) is 61.6 Å². The third-order valence-corrected chi connectivity index (χ3v) is 6.93. The van der Waals surface area contributed by atoms with Crippen molar-refractivity contribution < 1.29 is 0 Å². The van der Waals surface area contributed by atoms with E-state index in [1.165, 1.54) is 6.42 Å². The zero-order valence-electron chi connectivity index (χ0n) is 16.4. The maximum Gasteiger partial charge on any atom is 0.227 e. The third-order valence-electron chi connectivity index (χ3n) is 5.87. The number of likely N-dealkylation sites (N-methyl/N-ethyl adjacent to an activating group) is 1. The van der Waals surface area contributed by atoms with Gasteiger partial charge in [-0.15, -0.1) is 11.3 Å². The Hall–Kier alpha value is -3.17. The number of rotatable bonds is 4. The van der Waals surface area contributed by atoms with Crippen LogP contribution < -0.4 is 10.2 Å². The number of thiazole rings is 1. The standard InChI is InChI=1S/C21H20N8S/c1-28-11-15-8-14(28)12-29(15)21-23-7-4-18(27-21)26-19-9-16-17(10-24-19)30-20(25-16)13-2-5-22-6-3-13/h2-7,9-10,14-15H,8,11-12H2,1H3,(H,23,24,26,27)/t14-,15-/m0/s1. The summed E-state index contributed by atoms with van der Waals surface area (Å²) in [6.07, 6.45) is 8.42. The van der Waals surface area contributed by atoms with E-state index in [0.29, 0.717) is 12.1 Å². The molecule has 8 nitrogen and oxygen atoms in total. The molecule has 0 saturated carbocycles. The zero-order chi connectivity index (χ0) is 20.1. The van der Waals surface area contributed by atoms with Gasteiger partial charge >= 0.3 is 0 Å². The van der Waals surface area contributed by atoms with E-state index < -0.39 is 0 Å². The Bertz CT molecular complexity index is 1210. The minimum absolute atomic E-state index is 0.506. The van der Waals surface area contributed by atoms with Crippen molar-refractivity contribution >= 4 is 39.1 Å². The topological polar surface area (TPSA) is 83.0 Å². The fourth-order valence-electron chi connectivity index (χ4n) is 4.32. The first-order valence-electron chi connectivity index (χ1n) is 9.97. The van der Waals surface area contributed by atoms with Gasteiger partial charge in [-0.1, -0.05) is 0 Å². The first-order chi connectivity index (χ1) is 14.7. The van der Waals surface area contributed by atoms with Crippen LogP contribution in [0.4, 0.5) is 17.6 Å². The van der Waals surface area contributed by atoms with Gasteiger partial charge < -0.3 is 10.2 Å². The summed E-state index contributed by atoms with van der Waals surface area (Å²) >= 11 is 1.63. The average Bonchev–Trinajstić information content (AvgIpc) is 3.48. The molecule has 150 valence electrons. The van der Waals surface area contributed by atoms with Gasteiger partial charge in [-0.05, 0) is 31.7 Å². The molecule has 2 atom stereocenters. The van der Waals surface area contributed by atoms with Crippen LogP contribution in [0.15, 0.2) is 49.1 Å². The van der Waals surface area contributed by atoms with E-state index in [0.717, 1.165) is 51.5 Å². The molecule has 2 bridgehead atoms. The second-order valence-corrected chi connectivity index (χ2v) is 8.82. The summed E-state index contributed by atoms with van der Waals surface area (Å²) < 4.78 is 1.05. The number of fused-ring (bicyclic) bond motifs is 3. The lowest BCUT2D eigenvalue weighted by atomic mass is 10.2. The Labute approximate surface area is 177 Å². The van der Waals surface area contributed by atoms with Crippen LogP contribution >= 0.6 is 11.3 Å². The van der Waals surface area contributed by atoms with Gasteiger partial charge in [0.1, 0.15) is 16.6 Å². The first-order valence-corrected chi connectivity index (χ1v) is 10.8. The Kier molecular flexibility index (Phi) is 4.10. The van der Waals surface area contributed by atoms with E-state index in [-0.39, 0.29) is 0 Å². The number of hydrogen-bond acceptors (Lipinski definition) is 9. The average molecular weight is 417 g/mol. The first kappa shape index (κ1) is 17.7. The lowest BCUT2D eigenvalue weighted by Crippen LogP contribution is -2.45. The predicted octanol–water partition coefficient (Wildman–Crippen LogP) is 3.18. The second-order valence-electron chi connectivity index (χ2n) is 7.79. The van der Waals surface area contributed by atoms with Gasteiger partial charge in [-0.3, -0.25) is 9.88 Å². The van der Waals surface area contributed by atoms with Gasteiger partial charge in [-0.2, -0.15) is 4.98 Å². The van der Waals surface area contributed by atoms with Crippen LogP contribution in [0, 0.1) is 0 Å². The molecule has 0 radical (unpaired) electrons. The quantitative estimate of drug-likeness (QED) is 0.543. The van der Waals surface area contributed by atoms with Crippen molar-refractivity contribution in [2.75, 3.05) is 30.4 Å². The van der Waals surface area contributed by atoms with Gasteiger partial charge in [0.05, 0.1) is 10.2 Å². The van der Waals surface area contributed by atoms with Crippen molar-refractivity contribution in [2.45, 2.75) is 18.5 Å². The van der Waals surface area contributed by atoms with Crippen LogP contribution in [0.2, 0.25) is 0 Å². The van der Waals surface area contributed by atoms with Gasteiger partial charge in [0.25, 0.3) is 0 Å². The van der Waals surface area contributed by atoms with Gasteiger partial charge in [-0.25, -0.2) is 15.0 Å². The van der Waals surface area contributed by atoms with Crippen LogP contribution in [0.1, 0.15) is 6.42 Å². The summed E-state index contributed by atoms with van der Waals surface area (Å²) in [5.41, 5.74) is 1.98. The molecule has 2 aliphatic heterocycles. The largest absolute Gasteiger partial charge is 0.335 e. The van der Waals surface area contributed by atoms with Crippen LogP contribution in [0.5, 0.6) is 0 Å². The summed E-state index contributed by atoms with van der Waals surface area (Å²) in [5.74, 6) is 2.25. The molecule has 6 heterocycles. The van der Waals surface area contributed by atoms with Crippen molar-refractivity contribution in [1.29, 1.82) is 0 Å². The van der Waals surface area contributed by atoms with Crippen LogP contribution in [-0.4, -0.2) is 62.0 Å². The highest BCUT2D eigenvalue weighted by Gasteiger charge is 2.42. The molecule has 2 fully saturated rings. The molecule has 4 aromatic rings. The highest BCUT2D eigenvalue weighted by molar-refractivity contribution is 7.21. The van der Waals surface area contributed by atoms with Crippen molar-refractivity contribution in [3.63, 3.8) is 0 Å². The van der Waals surface area contributed by atoms with E-state index in [1.54, 1.807) is 23.7 Å². The van der Waals surface area contributed by atoms with E-state index >= 15 is 0 Å². The Morgan fingerprint density at radius 1 is 1.00 bits per heavy atom. The molecule has 0 unspecified atom stereocenters. The summed E-state index contributed by atoms with van der Waals surface area (Å²) in [4.78, 5) is 27.4. The number of nitrogens with one attached hydrogen (secondary N) is 1. The summed E-state index contributed by atoms with van der Waals surface area (Å²) in [7, 11) is 2.20. The normalized spacial score (nSPS) is 20.9. The number of nitrogens with zero attached hydrogens (tertiary/aromatic N) is 7. The Morgan fingerprint density at radius 3 is 2.70 bits per heavy atom. The monoisotopic (exact) mass is 416 g/mol. The highest BCUT2D eigenvalue weighted by atomic mass is 32.1. The lowest BCUT2D eigenvalue weighted by Gasteiger charge is -2.31. The number of piperazine rings is 1. The minimum atomic E-state index is 0.506. The smallest absolute Gasteiger partial charge is 0.227 e. The molecule has 9 heteroatoms. The number of hydrogen-bond donors (Lipinski definition) is 1. The van der Waals surface area contributed by atoms with Crippen LogP contribution in [0.25, 0.3) is 20.8 Å². The highest BCUT2D eigenvalue weighted by Crippen LogP contribution is 2.33. The molecule has 2 aliphatic rings. The van der Waals surface area contributed by atoms with Crippen molar-refractivity contribution in [2.24, 2.45) is 0 Å². The van der Waals surface area contributed by atoms with Crippen molar-refractivity contribution in [1.82, 2.24) is 29.8 Å². The van der Waals surface area contributed by atoms with E-state index in [9.17, 15) is 0 Å². The molecule has 2 saturated heterocycles. The van der Waals surface area contributed by atoms with Crippen molar-refractivity contribution in [3.05, 3.63) is 49.1 Å². The molecular weight excluding hydrogens is 396 g/mol. The van der Waals surface area contributed by atoms with E-state index in [1.807, 2.05) is 36.7 Å². The third kappa shape index (κ3) is 3.06. The van der Waals surface area contributed by atoms with E-state index in [4.69, 9.17) is 9.97 Å². The number of anilines is 3. The molecule has 0 aliphatic carbocycles. The lowest BCUT2D eigenvalue weighted by molar-refractivity contribution is 0.291. The van der Waals surface area contributed by atoms with Gasteiger partial charge in [0.15, 0.2) is 0 Å². The summed E-state index contributed by atoms with van der Waals surface area (Å²) in [6, 6.07) is 8.89. The summed E-state index contributed by atoms with van der Waals surface area (Å²) in [5, 5.41) is 4.28. The molecule has 0 spiro atoms. The Balaban J connectivity index is 1.25. The Morgan fingerprint density at radius 2 is 1.90 bits per heavy atom. The predicted molar refractivity (Wildman–Crippen MR) is 118 cm³/mol. The fraction of sp³-hybridized carbons (Fsp3) is 0.286. The molecule has 30 heavy (non-hydrogen) atoms. The van der Waals surface area contributed by atoms with E-state index in [2.05, 4.69) is 37.1 Å². The molecular formula is C21H20N8S. The minimum Gasteiger partial charge on any atom is -0.335 e. The maximum absolute atomic E-state index is 4.76. The number of pyridine rings is 2. The zero-order valence-corrected chi connectivity index (χ0v) is 17.3. The van der Waals surface area contributed by atoms with Crippen LogP contribution in [0.3, 0.4) is 0 Å². The van der Waals surface area contributed by atoms with Gasteiger partial charge in [0.2, 0.25) is 5.95 Å².